The minimum Gasteiger partial charge on any atom is -0.480 e. The summed E-state index contributed by atoms with van der Waals surface area (Å²) >= 11 is 0. The van der Waals surface area contributed by atoms with Gasteiger partial charge >= 0.3 is 11.9 Å². The lowest BCUT2D eigenvalue weighted by molar-refractivity contribution is -0.190. The number of rotatable bonds is 5. The molecular weight excluding hydrogens is 314 g/mol. The number of carboxylic acids is 1. The Morgan fingerprint density at radius 1 is 1.12 bits per heavy atom. The van der Waals surface area contributed by atoms with E-state index in [2.05, 4.69) is 0 Å². The third-order valence-electron chi connectivity index (χ3n) is 3.48. The molecule has 1 amide bonds. The van der Waals surface area contributed by atoms with Crippen molar-refractivity contribution in [3.8, 4) is 0 Å². The van der Waals surface area contributed by atoms with Gasteiger partial charge in [-0.15, -0.1) is 0 Å². The van der Waals surface area contributed by atoms with Gasteiger partial charge in [0, 0.05) is 6.42 Å². The summed E-state index contributed by atoms with van der Waals surface area (Å²) in [6.45, 7) is 0.626. The van der Waals surface area contributed by atoms with Gasteiger partial charge in [-0.3, -0.25) is 4.79 Å². The summed E-state index contributed by atoms with van der Waals surface area (Å²) in [7, 11) is 0. The average Bonchev–Trinajstić information content (AvgIpc) is 2.59. The number of hydrogen-bond donors (Lipinski definition) is 2. The SMILES string of the molecule is CCC(=O)N(OC(=O)c1cccc2ccccc12)[C@@H](CO)C(=O)O. The van der Waals surface area contributed by atoms with Gasteiger partial charge in [0.15, 0.2) is 6.04 Å². The minimum absolute atomic E-state index is 0.0768. The molecule has 2 aromatic rings. The highest BCUT2D eigenvalue weighted by atomic mass is 16.7. The predicted molar refractivity (Wildman–Crippen MR) is 85.0 cm³/mol. The highest BCUT2D eigenvalue weighted by Crippen LogP contribution is 2.20. The van der Waals surface area contributed by atoms with Crippen LogP contribution in [0.4, 0.5) is 0 Å². The molecule has 126 valence electrons. The second-order valence-corrected chi connectivity index (χ2v) is 5.02. The maximum Gasteiger partial charge on any atom is 0.363 e. The van der Waals surface area contributed by atoms with Gasteiger partial charge in [-0.2, -0.15) is 5.06 Å². The molecule has 0 radical (unpaired) electrons. The van der Waals surface area contributed by atoms with E-state index in [-0.39, 0.29) is 12.0 Å². The number of nitrogens with zero attached hydrogens (tertiary/aromatic N) is 1. The van der Waals surface area contributed by atoms with Crippen LogP contribution in [-0.2, 0) is 14.4 Å². The molecule has 0 unspecified atom stereocenters. The van der Waals surface area contributed by atoms with Crippen LogP contribution in [0.15, 0.2) is 42.5 Å². The average molecular weight is 331 g/mol. The number of aliphatic hydroxyl groups is 1. The summed E-state index contributed by atoms with van der Waals surface area (Å²) in [5.41, 5.74) is 0.198. The largest absolute Gasteiger partial charge is 0.480 e. The molecule has 0 aliphatic carbocycles. The monoisotopic (exact) mass is 331 g/mol. The molecule has 0 bridgehead atoms. The van der Waals surface area contributed by atoms with Gasteiger partial charge in [-0.05, 0) is 16.8 Å². The predicted octanol–water partition coefficient (Wildman–Crippen LogP) is 1.60. The molecule has 0 spiro atoms. The van der Waals surface area contributed by atoms with E-state index < -0.39 is 30.5 Å². The number of hydroxylamine groups is 2. The fraction of sp³-hybridized carbons (Fsp3) is 0.235. The number of amides is 1. The van der Waals surface area contributed by atoms with Gasteiger partial charge in [0.25, 0.3) is 5.91 Å². The molecule has 2 N–H and O–H groups in total. The number of carboxylic acid groups (broad SMARTS) is 1. The summed E-state index contributed by atoms with van der Waals surface area (Å²) < 4.78 is 0. The summed E-state index contributed by atoms with van der Waals surface area (Å²) in [6.07, 6.45) is -0.0768. The van der Waals surface area contributed by atoms with Crippen molar-refractivity contribution in [1.29, 1.82) is 0 Å². The van der Waals surface area contributed by atoms with Gasteiger partial charge in [0.1, 0.15) is 0 Å². The Balaban J connectivity index is 2.36. The van der Waals surface area contributed by atoms with Crippen LogP contribution in [0.1, 0.15) is 23.7 Å². The Hall–Kier alpha value is -2.93. The molecule has 1 atom stereocenters. The van der Waals surface area contributed by atoms with E-state index in [1.54, 1.807) is 18.2 Å². The second-order valence-electron chi connectivity index (χ2n) is 5.02. The topological polar surface area (TPSA) is 104 Å². The summed E-state index contributed by atoms with van der Waals surface area (Å²) in [4.78, 5) is 40.6. The lowest BCUT2D eigenvalue weighted by Gasteiger charge is -2.25. The van der Waals surface area contributed by atoms with Gasteiger partial charge in [0.05, 0.1) is 12.2 Å². The van der Waals surface area contributed by atoms with Crippen molar-refractivity contribution < 1.29 is 29.4 Å². The summed E-state index contributed by atoms with van der Waals surface area (Å²) in [5.74, 6) is -3.05. The Labute approximate surface area is 138 Å². The van der Waals surface area contributed by atoms with Crippen LogP contribution in [0.5, 0.6) is 0 Å². The first-order valence-electron chi connectivity index (χ1n) is 7.35. The normalized spacial score (nSPS) is 11.8. The Kier molecular flexibility index (Phi) is 5.49. The van der Waals surface area contributed by atoms with Crippen LogP contribution in [0.3, 0.4) is 0 Å². The van der Waals surface area contributed by atoms with E-state index in [0.29, 0.717) is 10.4 Å². The van der Waals surface area contributed by atoms with E-state index in [1.165, 1.54) is 13.0 Å². The van der Waals surface area contributed by atoms with E-state index in [1.807, 2.05) is 18.2 Å². The van der Waals surface area contributed by atoms with Crippen molar-refractivity contribution in [1.82, 2.24) is 5.06 Å². The fourth-order valence-corrected chi connectivity index (χ4v) is 2.24. The van der Waals surface area contributed by atoms with Crippen molar-refractivity contribution in [2.24, 2.45) is 0 Å². The fourth-order valence-electron chi connectivity index (χ4n) is 2.24. The molecule has 0 fully saturated rings. The Morgan fingerprint density at radius 3 is 2.42 bits per heavy atom. The van der Waals surface area contributed by atoms with E-state index in [9.17, 15) is 19.5 Å². The minimum atomic E-state index is -1.66. The van der Waals surface area contributed by atoms with Gasteiger partial charge in [0.2, 0.25) is 0 Å². The molecular formula is C17H17NO6. The van der Waals surface area contributed by atoms with Gasteiger partial charge in [-0.25, -0.2) is 9.59 Å². The molecule has 0 saturated carbocycles. The maximum atomic E-state index is 12.4. The van der Waals surface area contributed by atoms with E-state index >= 15 is 0 Å². The van der Waals surface area contributed by atoms with Crippen molar-refractivity contribution in [3.63, 3.8) is 0 Å². The van der Waals surface area contributed by atoms with Crippen molar-refractivity contribution in [3.05, 3.63) is 48.0 Å². The maximum absolute atomic E-state index is 12.4. The summed E-state index contributed by atoms with van der Waals surface area (Å²) in [6, 6.07) is 10.4. The molecule has 2 rings (SSSR count). The van der Waals surface area contributed by atoms with Crippen molar-refractivity contribution in [2.45, 2.75) is 19.4 Å². The smallest absolute Gasteiger partial charge is 0.363 e. The molecule has 24 heavy (non-hydrogen) atoms. The second kappa shape index (κ2) is 7.56. The Morgan fingerprint density at radius 2 is 1.79 bits per heavy atom. The number of carbonyl (C=O) groups excluding carboxylic acids is 2. The zero-order chi connectivity index (χ0) is 17.7. The lowest BCUT2D eigenvalue weighted by Crippen LogP contribution is -2.48. The highest BCUT2D eigenvalue weighted by Gasteiger charge is 2.32. The zero-order valence-corrected chi connectivity index (χ0v) is 13.0. The molecule has 0 aromatic heterocycles. The molecule has 7 nitrogen and oxygen atoms in total. The molecule has 2 aromatic carbocycles. The highest BCUT2D eigenvalue weighted by molar-refractivity contribution is 6.04. The van der Waals surface area contributed by atoms with Crippen LogP contribution < -0.4 is 0 Å². The number of benzene rings is 2. The van der Waals surface area contributed by atoms with Crippen molar-refractivity contribution in [2.75, 3.05) is 6.61 Å². The van der Waals surface area contributed by atoms with Crippen molar-refractivity contribution >= 4 is 28.6 Å². The van der Waals surface area contributed by atoms with E-state index in [4.69, 9.17) is 9.94 Å². The first-order valence-corrected chi connectivity index (χ1v) is 7.35. The number of carbonyl (C=O) groups is 3. The summed E-state index contributed by atoms with van der Waals surface area (Å²) in [5, 5.41) is 20.1. The van der Waals surface area contributed by atoms with Gasteiger partial charge in [-0.1, -0.05) is 43.3 Å². The molecule has 0 saturated heterocycles. The number of fused-ring (bicyclic) bond motifs is 1. The third kappa shape index (κ3) is 3.52. The first-order chi connectivity index (χ1) is 11.5. The standard InChI is InChI=1S/C17H17NO6/c1-2-15(20)18(14(10-19)16(21)22)24-17(23)13-9-5-7-11-6-3-4-8-12(11)13/h3-9,14,19H,2,10H2,1H3,(H,21,22)/t14-/m0/s1. The zero-order valence-electron chi connectivity index (χ0n) is 13.0. The number of hydrogen-bond acceptors (Lipinski definition) is 5. The van der Waals surface area contributed by atoms with E-state index in [0.717, 1.165) is 5.39 Å². The van der Waals surface area contributed by atoms with Gasteiger partial charge < -0.3 is 15.1 Å². The molecule has 0 aliphatic heterocycles. The van der Waals surface area contributed by atoms with Crippen LogP contribution in [0, 0.1) is 0 Å². The molecule has 7 heteroatoms. The number of aliphatic hydroxyl groups excluding tert-OH is 1. The number of aliphatic carboxylic acids is 1. The quantitative estimate of drug-likeness (QED) is 0.806. The Bertz CT molecular complexity index is 767. The lowest BCUT2D eigenvalue weighted by atomic mass is 10.1. The van der Waals surface area contributed by atoms with Crippen LogP contribution in [-0.4, -0.2) is 45.8 Å². The van der Waals surface area contributed by atoms with Crippen LogP contribution in [0.2, 0.25) is 0 Å². The van der Waals surface area contributed by atoms with Crippen LogP contribution >= 0.6 is 0 Å². The third-order valence-corrected chi connectivity index (χ3v) is 3.48. The first kappa shape index (κ1) is 17.4. The molecule has 0 aliphatic rings. The van der Waals surface area contributed by atoms with Crippen LogP contribution in [0.25, 0.3) is 10.8 Å². The molecule has 0 heterocycles.